The van der Waals surface area contributed by atoms with Gasteiger partial charge in [0, 0.05) is 6.20 Å². The molecule has 2 atom stereocenters. The number of pyridine rings is 1. The van der Waals surface area contributed by atoms with Crippen LogP contribution in [0, 0.1) is 0 Å². The molecule has 2 aromatic rings. The number of anilines is 2. The van der Waals surface area contributed by atoms with Crippen molar-refractivity contribution in [3.63, 3.8) is 0 Å². The van der Waals surface area contributed by atoms with Crippen LogP contribution in [0.1, 0.15) is 11.6 Å². The van der Waals surface area contributed by atoms with Gasteiger partial charge in [-0.15, -0.1) is 13.2 Å². The summed E-state index contributed by atoms with van der Waals surface area (Å²) in [6.45, 7) is -0.625. The Morgan fingerprint density at radius 2 is 2.00 bits per heavy atom. The topological polar surface area (TPSA) is 107 Å². The molecule has 4 N–H and O–H groups in total. The Hall–Kier alpha value is -2.89. The number of halogens is 3. The van der Waals surface area contributed by atoms with E-state index in [2.05, 4.69) is 20.4 Å². The van der Waals surface area contributed by atoms with E-state index in [-0.39, 0.29) is 12.5 Å². The molecule has 0 spiro atoms. The highest BCUT2D eigenvalue weighted by molar-refractivity contribution is 6.00. The summed E-state index contributed by atoms with van der Waals surface area (Å²) < 4.78 is 40.5. The van der Waals surface area contributed by atoms with Crippen molar-refractivity contribution in [1.82, 2.24) is 10.3 Å². The molecule has 1 aromatic carbocycles. The SMILES string of the molecule is O=C1CN(C(O)NC(CO)c2ccc(OC(F)(F)F)cc2)c2ncccc2N1. The molecule has 150 valence electrons. The predicted octanol–water partition coefficient (Wildman–Crippen LogP) is 1.34. The summed E-state index contributed by atoms with van der Waals surface area (Å²) in [6.07, 6.45) is -4.69. The van der Waals surface area contributed by atoms with Crippen LogP contribution >= 0.6 is 0 Å². The molecule has 2 heterocycles. The molecular formula is C17H17F3N4O4. The maximum absolute atomic E-state index is 12.2. The lowest BCUT2D eigenvalue weighted by Crippen LogP contribution is -2.53. The van der Waals surface area contributed by atoms with Gasteiger partial charge in [-0.25, -0.2) is 4.98 Å². The number of amides is 1. The first-order valence-corrected chi connectivity index (χ1v) is 8.19. The van der Waals surface area contributed by atoms with E-state index in [1.54, 1.807) is 12.1 Å². The molecule has 1 aromatic heterocycles. The average Bonchev–Trinajstić information content (AvgIpc) is 2.64. The first kappa shape index (κ1) is 19.9. The molecule has 1 aliphatic rings. The summed E-state index contributed by atoms with van der Waals surface area (Å²) >= 11 is 0. The van der Waals surface area contributed by atoms with E-state index in [0.717, 1.165) is 12.1 Å². The van der Waals surface area contributed by atoms with Crippen LogP contribution < -0.4 is 20.3 Å². The number of aromatic nitrogens is 1. The number of aliphatic hydroxyl groups excluding tert-OH is 2. The molecule has 11 heteroatoms. The number of benzene rings is 1. The van der Waals surface area contributed by atoms with Gasteiger partial charge in [-0.3, -0.25) is 10.1 Å². The second kappa shape index (κ2) is 8.00. The number of nitrogens with zero attached hydrogens (tertiary/aromatic N) is 2. The summed E-state index contributed by atoms with van der Waals surface area (Å²) in [5.41, 5.74) is 0.840. The van der Waals surface area contributed by atoms with Gasteiger partial charge >= 0.3 is 6.36 Å². The monoisotopic (exact) mass is 398 g/mol. The van der Waals surface area contributed by atoms with Gasteiger partial charge in [-0.2, -0.15) is 0 Å². The van der Waals surface area contributed by atoms with Gasteiger partial charge in [0.15, 0.2) is 12.2 Å². The molecule has 28 heavy (non-hydrogen) atoms. The smallest absolute Gasteiger partial charge is 0.406 e. The van der Waals surface area contributed by atoms with Crippen molar-refractivity contribution >= 4 is 17.4 Å². The van der Waals surface area contributed by atoms with E-state index >= 15 is 0 Å². The van der Waals surface area contributed by atoms with Crippen LogP contribution in [-0.4, -0.2) is 47.0 Å². The fourth-order valence-corrected chi connectivity index (χ4v) is 2.77. The summed E-state index contributed by atoms with van der Waals surface area (Å²) in [7, 11) is 0. The lowest BCUT2D eigenvalue weighted by Gasteiger charge is -2.35. The van der Waals surface area contributed by atoms with Gasteiger partial charge in [0.05, 0.1) is 18.3 Å². The third-order valence-electron chi connectivity index (χ3n) is 3.99. The van der Waals surface area contributed by atoms with Gasteiger partial charge in [-0.05, 0) is 29.8 Å². The number of hydrogen-bond donors (Lipinski definition) is 4. The van der Waals surface area contributed by atoms with E-state index in [4.69, 9.17) is 0 Å². The molecule has 2 unspecified atom stereocenters. The Morgan fingerprint density at radius 1 is 1.29 bits per heavy atom. The zero-order chi connectivity index (χ0) is 20.3. The molecule has 3 rings (SSSR count). The van der Waals surface area contributed by atoms with Crippen molar-refractivity contribution in [3.05, 3.63) is 48.2 Å². The zero-order valence-electron chi connectivity index (χ0n) is 14.3. The standard InChI is InChI=1S/C17H17F3N4O4/c18-17(19,20)28-11-5-3-10(4-6-11)13(9-25)23-16(27)24-8-14(26)22-12-2-1-7-21-15(12)24/h1-7,13,16,23,25,27H,8-9H2,(H,22,26). The maximum atomic E-state index is 12.2. The number of aliphatic hydroxyl groups is 2. The van der Waals surface area contributed by atoms with Gasteiger partial charge in [0.25, 0.3) is 0 Å². The van der Waals surface area contributed by atoms with Crippen LogP contribution in [0.5, 0.6) is 5.75 Å². The van der Waals surface area contributed by atoms with E-state index in [9.17, 15) is 28.2 Å². The van der Waals surface area contributed by atoms with Crippen molar-refractivity contribution in [2.45, 2.75) is 18.8 Å². The first-order valence-electron chi connectivity index (χ1n) is 8.19. The summed E-state index contributed by atoms with van der Waals surface area (Å²) in [5, 5.41) is 25.5. The molecule has 8 nitrogen and oxygen atoms in total. The van der Waals surface area contributed by atoms with Crippen molar-refractivity contribution in [2.24, 2.45) is 0 Å². The van der Waals surface area contributed by atoms with Crippen LogP contribution in [-0.2, 0) is 4.79 Å². The van der Waals surface area contributed by atoms with Crippen molar-refractivity contribution < 1.29 is 32.9 Å². The van der Waals surface area contributed by atoms with E-state index in [0.29, 0.717) is 17.1 Å². The zero-order valence-corrected chi connectivity index (χ0v) is 14.3. The first-order chi connectivity index (χ1) is 13.3. The molecule has 0 aliphatic carbocycles. The van der Waals surface area contributed by atoms with Gasteiger partial charge in [-0.1, -0.05) is 12.1 Å². The lowest BCUT2D eigenvalue weighted by molar-refractivity contribution is -0.274. The molecule has 0 fully saturated rings. The Kier molecular flexibility index (Phi) is 5.68. The lowest BCUT2D eigenvalue weighted by atomic mass is 10.1. The van der Waals surface area contributed by atoms with Crippen molar-refractivity contribution in [3.8, 4) is 5.75 Å². The largest absolute Gasteiger partial charge is 0.573 e. The second-order valence-electron chi connectivity index (χ2n) is 5.94. The van der Waals surface area contributed by atoms with Crippen LogP contribution in [0.25, 0.3) is 0 Å². The number of alkyl halides is 3. The molecule has 1 amide bonds. The van der Waals surface area contributed by atoms with Crippen LogP contribution in [0.15, 0.2) is 42.6 Å². The minimum Gasteiger partial charge on any atom is -0.406 e. The molecule has 1 aliphatic heterocycles. The van der Waals surface area contributed by atoms with Crippen LogP contribution in [0.4, 0.5) is 24.7 Å². The quantitative estimate of drug-likeness (QED) is 0.544. The second-order valence-corrected chi connectivity index (χ2v) is 5.94. The summed E-state index contributed by atoms with van der Waals surface area (Å²) in [6, 6.07) is 7.31. The summed E-state index contributed by atoms with van der Waals surface area (Å²) in [5.74, 6) is -0.414. The Bertz CT molecular complexity index is 832. The van der Waals surface area contributed by atoms with Crippen molar-refractivity contribution in [1.29, 1.82) is 0 Å². The van der Waals surface area contributed by atoms with Crippen LogP contribution in [0.2, 0.25) is 0 Å². The van der Waals surface area contributed by atoms with E-state index < -0.39 is 31.1 Å². The van der Waals surface area contributed by atoms with Crippen molar-refractivity contribution in [2.75, 3.05) is 23.4 Å². The molecule has 0 bridgehead atoms. The minimum absolute atomic E-state index is 0.172. The van der Waals surface area contributed by atoms with Gasteiger partial charge in [0.1, 0.15) is 12.3 Å². The fraction of sp³-hybridized carbons (Fsp3) is 0.294. The molecular weight excluding hydrogens is 381 g/mol. The Labute approximate surface area is 157 Å². The number of nitrogens with one attached hydrogen (secondary N) is 2. The maximum Gasteiger partial charge on any atom is 0.573 e. The highest BCUT2D eigenvalue weighted by Crippen LogP contribution is 2.28. The molecule has 0 radical (unpaired) electrons. The predicted molar refractivity (Wildman–Crippen MR) is 92.3 cm³/mol. The Balaban J connectivity index is 1.73. The highest BCUT2D eigenvalue weighted by Gasteiger charge is 2.32. The third kappa shape index (κ3) is 4.68. The molecule has 0 saturated heterocycles. The van der Waals surface area contributed by atoms with E-state index in [1.165, 1.54) is 23.2 Å². The average molecular weight is 398 g/mol. The van der Waals surface area contributed by atoms with Gasteiger partial charge in [0.2, 0.25) is 5.91 Å². The fourth-order valence-electron chi connectivity index (χ4n) is 2.77. The van der Waals surface area contributed by atoms with Crippen LogP contribution in [0.3, 0.4) is 0 Å². The number of hydrogen-bond acceptors (Lipinski definition) is 7. The highest BCUT2D eigenvalue weighted by atomic mass is 19.4. The number of ether oxygens (including phenoxy) is 1. The normalized spacial score (nSPS) is 16.2. The minimum atomic E-state index is -4.80. The number of rotatable bonds is 6. The van der Waals surface area contributed by atoms with Gasteiger partial charge < -0.3 is 25.2 Å². The van der Waals surface area contributed by atoms with E-state index in [1.807, 2.05) is 0 Å². The Morgan fingerprint density at radius 3 is 2.64 bits per heavy atom. The third-order valence-corrected chi connectivity index (χ3v) is 3.99. The number of carbonyl (C=O) groups is 1. The summed E-state index contributed by atoms with van der Waals surface area (Å²) in [4.78, 5) is 17.3. The molecule has 0 saturated carbocycles. The number of carbonyl (C=O) groups excluding carboxylic acids is 1. The number of fused-ring (bicyclic) bond motifs is 1.